The maximum atomic E-state index is 8.32. The zero-order valence-electron chi connectivity index (χ0n) is 7.21. The minimum Gasteiger partial charge on any atom is -0.409 e. The summed E-state index contributed by atoms with van der Waals surface area (Å²) in [5.74, 6) is 0.106. The molecule has 13 heavy (non-hydrogen) atoms. The second-order valence-corrected chi connectivity index (χ2v) is 2.31. The first kappa shape index (κ1) is 9.46. The van der Waals surface area contributed by atoms with E-state index in [0.29, 0.717) is 13.2 Å². The number of hydrogen-bond acceptors (Lipinski definition) is 5. The van der Waals surface area contributed by atoms with Crippen LogP contribution in [-0.2, 0) is 11.3 Å². The van der Waals surface area contributed by atoms with Gasteiger partial charge in [0, 0.05) is 7.11 Å². The van der Waals surface area contributed by atoms with Gasteiger partial charge in [0.25, 0.3) is 0 Å². The summed E-state index contributed by atoms with van der Waals surface area (Å²) in [6.45, 7) is 1.13. The fraction of sp³-hybridized carbons (Fsp3) is 0.500. The quantitative estimate of drug-likeness (QED) is 0.272. The largest absolute Gasteiger partial charge is 0.409 e. The van der Waals surface area contributed by atoms with Crippen molar-refractivity contribution < 1.29 is 9.94 Å². The minimum absolute atomic E-state index is 0.101. The number of rotatable bonds is 4. The fourth-order valence-corrected chi connectivity index (χ4v) is 0.749. The summed E-state index contributed by atoms with van der Waals surface area (Å²) in [4.78, 5) is 3.82. The first-order valence-corrected chi connectivity index (χ1v) is 3.64. The summed E-state index contributed by atoms with van der Waals surface area (Å²) in [5, 5.41) is 15.0. The van der Waals surface area contributed by atoms with E-state index in [9.17, 15) is 0 Å². The monoisotopic (exact) mass is 185 g/mol. The van der Waals surface area contributed by atoms with Crippen molar-refractivity contribution in [2.45, 2.75) is 6.54 Å². The zero-order valence-corrected chi connectivity index (χ0v) is 7.21. The summed E-state index contributed by atoms with van der Waals surface area (Å²) >= 11 is 0. The molecule has 0 aliphatic heterocycles. The van der Waals surface area contributed by atoms with Crippen molar-refractivity contribution in [3.05, 3.63) is 12.2 Å². The van der Waals surface area contributed by atoms with Crippen molar-refractivity contribution in [1.82, 2.24) is 14.8 Å². The number of nitrogens with two attached hydrogens (primary N) is 1. The molecular formula is C6H11N5O2. The highest BCUT2D eigenvalue weighted by molar-refractivity contribution is 5.93. The molecule has 0 spiro atoms. The van der Waals surface area contributed by atoms with Crippen LogP contribution in [0.3, 0.4) is 0 Å². The third kappa shape index (κ3) is 2.41. The van der Waals surface area contributed by atoms with Crippen LogP contribution in [-0.4, -0.2) is 39.5 Å². The van der Waals surface area contributed by atoms with Crippen LogP contribution in [0.1, 0.15) is 5.82 Å². The highest BCUT2D eigenvalue weighted by atomic mass is 16.5. The van der Waals surface area contributed by atoms with Gasteiger partial charge < -0.3 is 15.7 Å². The third-order valence-corrected chi connectivity index (χ3v) is 1.40. The molecule has 0 fully saturated rings. The molecule has 72 valence electrons. The zero-order chi connectivity index (χ0) is 9.68. The van der Waals surface area contributed by atoms with E-state index in [0.717, 1.165) is 0 Å². The molecule has 0 aromatic carbocycles. The van der Waals surface area contributed by atoms with E-state index in [1.165, 1.54) is 6.33 Å². The predicted octanol–water partition coefficient (Wildman–Crippen LogP) is -0.981. The van der Waals surface area contributed by atoms with Gasteiger partial charge >= 0.3 is 0 Å². The topological polar surface area (TPSA) is 98.6 Å². The van der Waals surface area contributed by atoms with Crippen molar-refractivity contribution in [2.24, 2.45) is 10.9 Å². The van der Waals surface area contributed by atoms with Crippen molar-refractivity contribution in [2.75, 3.05) is 13.7 Å². The Morgan fingerprint density at radius 3 is 3.23 bits per heavy atom. The molecule has 0 unspecified atom stereocenters. The van der Waals surface area contributed by atoms with Gasteiger partial charge in [-0.3, -0.25) is 0 Å². The van der Waals surface area contributed by atoms with Crippen LogP contribution in [0.25, 0.3) is 0 Å². The molecule has 1 aromatic heterocycles. The molecule has 3 N–H and O–H groups in total. The lowest BCUT2D eigenvalue weighted by atomic mass is 10.6. The number of amidine groups is 1. The van der Waals surface area contributed by atoms with Gasteiger partial charge in [-0.05, 0) is 0 Å². The Morgan fingerprint density at radius 2 is 2.62 bits per heavy atom. The molecule has 1 rings (SSSR count). The van der Waals surface area contributed by atoms with Crippen LogP contribution < -0.4 is 5.73 Å². The Morgan fingerprint density at radius 1 is 1.85 bits per heavy atom. The molecular weight excluding hydrogens is 174 g/mol. The lowest BCUT2D eigenvalue weighted by molar-refractivity contribution is 0.183. The highest BCUT2D eigenvalue weighted by Gasteiger charge is 2.04. The number of hydrogen-bond donors (Lipinski definition) is 2. The van der Waals surface area contributed by atoms with E-state index in [1.807, 2.05) is 0 Å². The second kappa shape index (κ2) is 4.41. The van der Waals surface area contributed by atoms with Crippen molar-refractivity contribution in [1.29, 1.82) is 0 Å². The number of ether oxygens (including phenoxy) is 1. The highest BCUT2D eigenvalue weighted by Crippen LogP contribution is 1.89. The Hall–Kier alpha value is -1.63. The van der Waals surface area contributed by atoms with Gasteiger partial charge in [-0.15, -0.1) is 5.10 Å². The summed E-state index contributed by atoms with van der Waals surface area (Å²) in [6, 6.07) is 0. The molecule has 0 saturated carbocycles. The van der Waals surface area contributed by atoms with Crippen LogP contribution >= 0.6 is 0 Å². The average Bonchev–Trinajstić information content (AvgIpc) is 2.62. The maximum Gasteiger partial charge on any atom is 0.219 e. The SMILES string of the molecule is COCCn1cnc(C(N)=NO)n1. The normalized spacial score (nSPS) is 11.9. The van der Waals surface area contributed by atoms with Gasteiger partial charge in [0.1, 0.15) is 6.33 Å². The van der Waals surface area contributed by atoms with Gasteiger partial charge in [-0.25, -0.2) is 9.67 Å². The van der Waals surface area contributed by atoms with Gasteiger partial charge in [0.05, 0.1) is 13.2 Å². The van der Waals surface area contributed by atoms with Crippen molar-refractivity contribution >= 4 is 5.84 Å². The summed E-state index contributed by atoms with van der Waals surface area (Å²) < 4.78 is 6.39. The van der Waals surface area contributed by atoms with E-state index in [4.69, 9.17) is 15.7 Å². The second-order valence-electron chi connectivity index (χ2n) is 2.31. The van der Waals surface area contributed by atoms with Gasteiger partial charge in [-0.1, -0.05) is 5.16 Å². The fourth-order valence-electron chi connectivity index (χ4n) is 0.749. The van der Waals surface area contributed by atoms with E-state index < -0.39 is 0 Å². The van der Waals surface area contributed by atoms with E-state index in [1.54, 1.807) is 11.8 Å². The number of oxime groups is 1. The third-order valence-electron chi connectivity index (χ3n) is 1.40. The van der Waals surface area contributed by atoms with E-state index in [2.05, 4.69) is 15.2 Å². The minimum atomic E-state index is -0.101. The summed E-state index contributed by atoms with van der Waals surface area (Å²) in [7, 11) is 1.60. The Labute approximate surface area is 74.8 Å². The molecule has 1 heterocycles. The Bertz CT molecular complexity index is 295. The molecule has 0 radical (unpaired) electrons. The van der Waals surface area contributed by atoms with Gasteiger partial charge in [0.2, 0.25) is 11.7 Å². The molecule has 0 aliphatic carbocycles. The summed E-state index contributed by atoms with van der Waals surface area (Å²) in [6.07, 6.45) is 1.49. The van der Waals surface area contributed by atoms with Crippen LogP contribution in [0.4, 0.5) is 0 Å². The summed E-state index contributed by atoms with van der Waals surface area (Å²) in [5.41, 5.74) is 5.27. The Balaban J connectivity index is 2.64. The standard InChI is InChI=1S/C6H11N5O2/c1-13-3-2-11-4-8-6(9-11)5(7)10-12/h4,12H,2-3H2,1H3,(H2,7,10). The van der Waals surface area contributed by atoms with E-state index in [-0.39, 0.29) is 11.7 Å². The molecule has 0 aliphatic rings. The average molecular weight is 185 g/mol. The number of methoxy groups -OCH3 is 1. The molecule has 7 heteroatoms. The number of aromatic nitrogens is 3. The first-order valence-electron chi connectivity index (χ1n) is 3.64. The lowest BCUT2D eigenvalue weighted by Gasteiger charge is -1.96. The van der Waals surface area contributed by atoms with Crippen molar-refractivity contribution in [3.8, 4) is 0 Å². The Kier molecular flexibility index (Phi) is 3.21. The van der Waals surface area contributed by atoms with E-state index >= 15 is 0 Å². The van der Waals surface area contributed by atoms with Crippen LogP contribution in [0.5, 0.6) is 0 Å². The molecule has 0 atom stereocenters. The maximum absolute atomic E-state index is 8.32. The lowest BCUT2D eigenvalue weighted by Crippen LogP contribution is -2.16. The van der Waals surface area contributed by atoms with Crippen molar-refractivity contribution in [3.63, 3.8) is 0 Å². The first-order chi connectivity index (χ1) is 6.27. The molecule has 0 amide bonds. The molecule has 0 bridgehead atoms. The van der Waals surface area contributed by atoms with Gasteiger partial charge in [0.15, 0.2) is 0 Å². The van der Waals surface area contributed by atoms with Crippen LogP contribution in [0.15, 0.2) is 11.5 Å². The molecule has 0 saturated heterocycles. The predicted molar refractivity (Wildman–Crippen MR) is 44.4 cm³/mol. The number of nitrogens with zero attached hydrogens (tertiary/aromatic N) is 4. The van der Waals surface area contributed by atoms with Gasteiger partial charge in [-0.2, -0.15) is 0 Å². The van der Waals surface area contributed by atoms with Crippen LogP contribution in [0.2, 0.25) is 0 Å². The smallest absolute Gasteiger partial charge is 0.219 e. The molecule has 7 nitrogen and oxygen atoms in total. The molecule has 1 aromatic rings. The van der Waals surface area contributed by atoms with Crippen LogP contribution in [0, 0.1) is 0 Å².